The summed E-state index contributed by atoms with van der Waals surface area (Å²) in [6, 6.07) is 9.24. The van der Waals surface area contributed by atoms with Crippen molar-refractivity contribution in [3.05, 3.63) is 29.8 Å². The van der Waals surface area contributed by atoms with Crippen molar-refractivity contribution in [3.8, 4) is 5.75 Å². The van der Waals surface area contributed by atoms with Crippen molar-refractivity contribution in [2.45, 2.75) is 31.8 Å². The van der Waals surface area contributed by atoms with E-state index in [2.05, 4.69) is 42.1 Å². The molecule has 1 atom stereocenters. The van der Waals surface area contributed by atoms with E-state index in [1.165, 1.54) is 31.5 Å². The van der Waals surface area contributed by atoms with Gasteiger partial charge in [-0.05, 0) is 64.6 Å². The maximum atomic E-state index is 6.07. The van der Waals surface area contributed by atoms with Gasteiger partial charge >= 0.3 is 0 Å². The molecule has 0 radical (unpaired) electrons. The summed E-state index contributed by atoms with van der Waals surface area (Å²) in [5, 5.41) is 0. The molecule has 2 rings (SSSR count). The fraction of sp³-hybridized carbons (Fsp3) is 0.647. The van der Waals surface area contributed by atoms with Crippen LogP contribution in [-0.2, 0) is 0 Å². The molecule has 1 unspecified atom stereocenters. The summed E-state index contributed by atoms with van der Waals surface area (Å²) < 4.78 is 5.61. The normalized spacial score (nSPS) is 18.9. The van der Waals surface area contributed by atoms with Crippen molar-refractivity contribution in [1.29, 1.82) is 0 Å². The molecular weight excluding hydrogens is 262 g/mol. The van der Waals surface area contributed by atoms with E-state index in [-0.39, 0.29) is 6.04 Å². The summed E-state index contributed by atoms with van der Waals surface area (Å²) in [5.41, 5.74) is 7.33. The van der Waals surface area contributed by atoms with Gasteiger partial charge in [0.25, 0.3) is 0 Å². The second-order valence-electron chi connectivity index (χ2n) is 5.96. The van der Waals surface area contributed by atoms with Gasteiger partial charge in [0.15, 0.2) is 0 Å². The number of likely N-dealkylation sites (tertiary alicyclic amines) is 1. The summed E-state index contributed by atoms with van der Waals surface area (Å²) in [5.74, 6) is 0.935. The van der Waals surface area contributed by atoms with E-state index in [1.807, 2.05) is 13.0 Å². The number of likely N-dealkylation sites (N-methyl/N-ethyl adjacent to an activating group) is 1. The average Bonchev–Trinajstić information content (AvgIpc) is 2.49. The van der Waals surface area contributed by atoms with E-state index in [4.69, 9.17) is 10.5 Å². The smallest absolute Gasteiger partial charge is 0.119 e. The molecule has 1 fully saturated rings. The molecule has 21 heavy (non-hydrogen) atoms. The van der Waals surface area contributed by atoms with Crippen LogP contribution in [0.5, 0.6) is 5.75 Å². The lowest BCUT2D eigenvalue weighted by Crippen LogP contribution is -2.45. The molecular formula is C17H29N3O. The van der Waals surface area contributed by atoms with Crippen LogP contribution in [0.3, 0.4) is 0 Å². The Morgan fingerprint density at radius 3 is 2.71 bits per heavy atom. The first-order valence-corrected chi connectivity index (χ1v) is 7.99. The van der Waals surface area contributed by atoms with Gasteiger partial charge in [-0.15, -0.1) is 0 Å². The van der Waals surface area contributed by atoms with Crippen LogP contribution >= 0.6 is 0 Å². The highest BCUT2D eigenvalue weighted by Gasteiger charge is 2.26. The van der Waals surface area contributed by atoms with Crippen LogP contribution in [0, 0.1) is 0 Å². The van der Waals surface area contributed by atoms with Crippen LogP contribution in [0.25, 0.3) is 0 Å². The number of nitrogens with two attached hydrogens (primary N) is 1. The summed E-state index contributed by atoms with van der Waals surface area (Å²) >= 11 is 0. The minimum Gasteiger partial charge on any atom is -0.494 e. The standard InChI is InChI=1S/C17H29N3O/c1-4-21-16-7-5-6-14(12-16)17(13-18)20(3)15-8-10-19(2)11-9-15/h5-7,12,15,17H,4,8-11,13,18H2,1-3H3. The number of rotatable bonds is 6. The van der Waals surface area contributed by atoms with Crippen LogP contribution < -0.4 is 10.5 Å². The molecule has 0 aromatic heterocycles. The third-order valence-corrected chi connectivity index (χ3v) is 4.53. The van der Waals surface area contributed by atoms with Crippen LogP contribution in [0.1, 0.15) is 31.4 Å². The minimum atomic E-state index is 0.263. The summed E-state index contributed by atoms with van der Waals surface area (Å²) in [6.07, 6.45) is 2.43. The molecule has 0 aliphatic carbocycles. The van der Waals surface area contributed by atoms with Gasteiger partial charge in [-0.25, -0.2) is 0 Å². The predicted molar refractivity (Wildman–Crippen MR) is 87.7 cm³/mol. The van der Waals surface area contributed by atoms with E-state index >= 15 is 0 Å². The first-order chi connectivity index (χ1) is 10.2. The van der Waals surface area contributed by atoms with Crippen molar-refractivity contribution in [2.24, 2.45) is 5.73 Å². The van der Waals surface area contributed by atoms with Crippen molar-refractivity contribution in [2.75, 3.05) is 40.3 Å². The van der Waals surface area contributed by atoms with E-state index < -0.39 is 0 Å². The Balaban J connectivity index is 2.09. The maximum absolute atomic E-state index is 6.07. The zero-order chi connectivity index (χ0) is 15.2. The molecule has 4 heteroatoms. The molecule has 0 amide bonds. The first-order valence-electron chi connectivity index (χ1n) is 7.99. The van der Waals surface area contributed by atoms with Crippen molar-refractivity contribution in [3.63, 3.8) is 0 Å². The van der Waals surface area contributed by atoms with E-state index in [1.54, 1.807) is 0 Å². The van der Waals surface area contributed by atoms with Gasteiger partial charge in [-0.3, -0.25) is 4.90 Å². The van der Waals surface area contributed by atoms with E-state index in [9.17, 15) is 0 Å². The van der Waals surface area contributed by atoms with Crippen LogP contribution in [0.4, 0.5) is 0 Å². The topological polar surface area (TPSA) is 41.7 Å². The van der Waals surface area contributed by atoms with E-state index in [0.29, 0.717) is 19.2 Å². The molecule has 0 saturated carbocycles. The second-order valence-corrected chi connectivity index (χ2v) is 5.96. The molecule has 1 heterocycles. The molecule has 1 saturated heterocycles. The minimum absolute atomic E-state index is 0.263. The zero-order valence-electron chi connectivity index (χ0n) is 13.6. The van der Waals surface area contributed by atoms with Crippen molar-refractivity contribution >= 4 is 0 Å². The summed E-state index contributed by atoms with van der Waals surface area (Å²) in [7, 11) is 4.41. The predicted octanol–water partition coefficient (Wildman–Crippen LogP) is 2.11. The Labute approximate surface area is 128 Å². The molecule has 1 aliphatic rings. The number of hydrogen-bond donors (Lipinski definition) is 1. The molecule has 1 aromatic rings. The monoisotopic (exact) mass is 291 g/mol. The number of nitrogens with zero attached hydrogens (tertiary/aromatic N) is 2. The number of benzene rings is 1. The molecule has 0 spiro atoms. The Morgan fingerprint density at radius 1 is 1.38 bits per heavy atom. The lowest BCUT2D eigenvalue weighted by atomic mass is 9.98. The Morgan fingerprint density at radius 2 is 2.10 bits per heavy atom. The van der Waals surface area contributed by atoms with Gasteiger partial charge in [-0.2, -0.15) is 0 Å². The molecule has 118 valence electrons. The fourth-order valence-electron chi connectivity index (χ4n) is 3.17. The first kappa shape index (κ1) is 16.3. The Bertz CT molecular complexity index is 430. The second kappa shape index (κ2) is 7.78. The highest BCUT2D eigenvalue weighted by molar-refractivity contribution is 5.31. The largest absolute Gasteiger partial charge is 0.494 e. The van der Waals surface area contributed by atoms with Gasteiger partial charge in [0.2, 0.25) is 0 Å². The molecule has 2 N–H and O–H groups in total. The SMILES string of the molecule is CCOc1cccc(C(CN)N(C)C2CCN(C)CC2)c1. The highest BCUT2D eigenvalue weighted by Crippen LogP contribution is 2.27. The van der Waals surface area contributed by atoms with Gasteiger partial charge in [0, 0.05) is 18.6 Å². The van der Waals surface area contributed by atoms with Gasteiger partial charge in [-0.1, -0.05) is 12.1 Å². The van der Waals surface area contributed by atoms with Gasteiger partial charge in [0.05, 0.1) is 6.61 Å². The molecule has 4 nitrogen and oxygen atoms in total. The number of hydrogen-bond acceptors (Lipinski definition) is 4. The molecule has 1 aliphatic heterocycles. The third-order valence-electron chi connectivity index (χ3n) is 4.53. The van der Waals surface area contributed by atoms with Crippen LogP contribution in [0.2, 0.25) is 0 Å². The highest BCUT2D eigenvalue weighted by atomic mass is 16.5. The maximum Gasteiger partial charge on any atom is 0.119 e. The lowest BCUT2D eigenvalue weighted by Gasteiger charge is -2.39. The third kappa shape index (κ3) is 4.19. The van der Waals surface area contributed by atoms with Crippen molar-refractivity contribution in [1.82, 2.24) is 9.80 Å². The Kier molecular flexibility index (Phi) is 6.03. The van der Waals surface area contributed by atoms with Crippen LogP contribution in [-0.4, -0.2) is 56.2 Å². The zero-order valence-corrected chi connectivity index (χ0v) is 13.6. The number of ether oxygens (including phenoxy) is 1. The number of piperidine rings is 1. The Hall–Kier alpha value is -1.10. The average molecular weight is 291 g/mol. The van der Waals surface area contributed by atoms with E-state index in [0.717, 1.165) is 5.75 Å². The van der Waals surface area contributed by atoms with Crippen molar-refractivity contribution < 1.29 is 4.74 Å². The summed E-state index contributed by atoms with van der Waals surface area (Å²) in [6.45, 7) is 5.69. The lowest BCUT2D eigenvalue weighted by molar-refractivity contribution is 0.109. The molecule has 1 aromatic carbocycles. The van der Waals surface area contributed by atoms with Gasteiger partial charge < -0.3 is 15.4 Å². The quantitative estimate of drug-likeness (QED) is 0.871. The molecule has 0 bridgehead atoms. The fourth-order valence-corrected chi connectivity index (χ4v) is 3.17. The van der Waals surface area contributed by atoms with Gasteiger partial charge in [0.1, 0.15) is 5.75 Å². The summed E-state index contributed by atoms with van der Waals surface area (Å²) in [4.78, 5) is 4.86. The van der Waals surface area contributed by atoms with Crippen LogP contribution in [0.15, 0.2) is 24.3 Å².